The molecule has 5 aromatic rings. The Balaban J connectivity index is 1.39. The Morgan fingerprint density at radius 1 is 0.771 bits per heavy atom. The third kappa shape index (κ3) is 4.80. The summed E-state index contributed by atoms with van der Waals surface area (Å²) >= 11 is 0. The second-order valence-corrected chi connectivity index (χ2v) is 8.12. The van der Waals surface area contributed by atoms with Crippen LogP contribution in [0.1, 0.15) is 21.6 Å². The molecule has 1 aromatic heterocycles. The predicted octanol–water partition coefficient (Wildman–Crippen LogP) is 7.02. The van der Waals surface area contributed by atoms with Gasteiger partial charge in [-0.25, -0.2) is 0 Å². The van der Waals surface area contributed by atoms with Crippen LogP contribution < -0.4 is 5.32 Å². The highest BCUT2D eigenvalue weighted by atomic mass is 19.4. The molecule has 4 aromatic carbocycles. The van der Waals surface area contributed by atoms with E-state index < -0.39 is 17.6 Å². The lowest BCUT2D eigenvalue weighted by atomic mass is 10.0. The third-order valence-electron chi connectivity index (χ3n) is 5.74. The van der Waals surface area contributed by atoms with Gasteiger partial charge in [0.15, 0.2) is 5.69 Å². The van der Waals surface area contributed by atoms with Crippen LogP contribution in [0.25, 0.3) is 22.0 Å². The molecule has 0 aliphatic carbocycles. The Hall–Kier alpha value is -4.39. The van der Waals surface area contributed by atoms with Gasteiger partial charge in [0.05, 0.1) is 17.6 Å². The number of hydrogen-bond donors (Lipinski definition) is 1. The Kier molecular flexibility index (Phi) is 5.82. The first-order valence-corrected chi connectivity index (χ1v) is 11.0. The number of hydrogen-bond acceptors (Lipinski definition) is 2. The lowest BCUT2D eigenvalue weighted by molar-refractivity contribution is -0.137. The number of para-hydroxylation sites is 1. The van der Waals surface area contributed by atoms with Gasteiger partial charge in [-0.1, -0.05) is 72.8 Å². The van der Waals surface area contributed by atoms with E-state index in [9.17, 15) is 18.0 Å². The molecule has 0 radical (unpaired) electrons. The van der Waals surface area contributed by atoms with E-state index in [-0.39, 0.29) is 11.4 Å². The van der Waals surface area contributed by atoms with Crippen LogP contribution >= 0.6 is 0 Å². The Bertz CT molecular complexity index is 1470. The third-order valence-corrected chi connectivity index (χ3v) is 5.74. The molecule has 0 aliphatic heterocycles. The molecule has 0 spiro atoms. The van der Waals surface area contributed by atoms with Gasteiger partial charge < -0.3 is 5.32 Å². The van der Waals surface area contributed by atoms with Crippen molar-refractivity contribution in [1.29, 1.82) is 0 Å². The largest absolute Gasteiger partial charge is 0.416 e. The number of nitrogens with zero attached hydrogens (tertiary/aromatic N) is 2. The highest BCUT2D eigenvalue weighted by Crippen LogP contribution is 2.30. The van der Waals surface area contributed by atoms with Crippen molar-refractivity contribution in [2.45, 2.75) is 12.7 Å². The van der Waals surface area contributed by atoms with Gasteiger partial charge in [0.1, 0.15) is 0 Å². The molecule has 0 atom stereocenters. The van der Waals surface area contributed by atoms with Gasteiger partial charge in [-0.05, 0) is 47.0 Å². The van der Waals surface area contributed by atoms with Crippen molar-refractivity contribution in [3.05, 3.63) is 120 Å². The van der Waals surface area contributed by atoms with Crippen LogP contribution in [0, 0.1) is 0 Å². The maximum atomic E-state index is 13.0. The molecule has 0 saturated heterocycles. The van der Waals surface area contributed by atoms with Gasteiger partial charge in [-0.2, -0.15) is 18.3 Å². The van der Waals surface area contributed by atoms with E-state index in [0.717, 1.165) is 34.3 Å². The second kappa shape index (κ2) is 9.10. The van der Waals surface area contributed by atoms with Crippen LogP contribution in [0.4, 0.5) is 18.9 Å². The first kappa shape index (κ1) is 22.4. The molecule has 174 valence electrons. The van der Waals surface area contributed by atoms with E-state index >= 15 is 0 Å². The number of anilines is 1. The molecule has 1 amide bonds. The SMILES string of the molecule is O=C(Nc1ccc(C(F)(F)F)cc1)c1nn(Cc2ccc(-c3ccccc3)cc2)c2ccccc12. The fraction of sp³-hybridized carbons (Fsp3) is 0.0714. The van der Waals surface area contributed by atoms with Gasteiger partial charge in [-0.15, -0.1) is 0 Å². The smallest absolute Gasteiger partial charge is 0.321 e. The Morgan fingerprint density at radius 2 is 1.40 bits per heavy atom. The van der Waals surface area contributed by atoms with E-state index in [1.165, 1.54) is 12.1 Å². The summed E-state index contributed by atoms with van der Waals surface area (Å²) in [6.45, 7) is 0.461. The molecule has 4 nitrogen and oxygen atoms in total. The average Bonchev–Trinajstić information content (AvgIpc) is 3.23. The van der Waals surface area contributed by atoms with E-state index in [2.05, 4.69) is 34.7 Å². The van der Waals surface area contributed by atoms with Crippen LogP contribution in [0.15, 0.2) is 103 Å². The van der Waals surface area contributed by atoms with Crippen LogP contribution in [0.3, 0.4) is 0 Å². The summed E-state index contributed by atoms with van der Waals surface area (Å²) in [6, 6.07) is 29.9. The number of benzene rings is 4. The molecular weight excluding hydrogens is 451 g/mol. The minimum absolute atomic E-state index is 0.210. The summed E-state index contributed by atoms with van der Waals surface area (Å²) < 4.78 is 40.2. The monoisotopic (exact) mass is 471 g/mol. The fourth-order valence-corrected chi connectivity index (χ4v) is 3.95. The molecular formula is C28H20F3N3O. The van der Waals surface area contributed by atoms with Crippen LogP contribution in [-0.4, -0.2) is 15.7 Å². The number of carbonyl (C=O) groups excluding carboxylic acids is 1. The minimum atomic E-state index is -4.43. The number of alkyl halides is 3. The summed E-state index contributed by atoms with van der Waals surface area (Å²) in [5.74, 6) is -0.487. The molecule has 1 N–H and O–H groups in total. The highest BCUT2D eigenvalue weighted by molar-refractivity contribution is 6.11. The number of aromatic nitrogens is 2. The number of carbonyl (C=O) groups is 1. The summed E-state index contributed by atoms with van der Waals surface area (Å²) in [7, 11) is 0. The maximum Gasteiger partial charge on any atom is 0.416 e. The fourth-order valence-electron chi connectivity index (χ4n) is 3.95. The topological polar surface area (TPSA) is 46.9 Å². The standard InChI is InChI=1S/C28H20F3N3O/c29-28(30,31)22-14-16-23(17-15-22)32-27(35)26-24-8-4-5-9-25(24)34(33-26)18-19-10-12-21(13-11-19)20-6-2-1-3-7-20/h1-17H,18H2,(H,32,35). The van der Waals surface area contributed by atoms with Gasteiger partial charge in [0.25, 0.3) is 5.91 Å². The average molecular weight is 471 g/mol. The van der Waals surface area contributed by atoms with Crippen molar-refractivity contribution in [2.24, 2.45) is 0 Å². The molecule has 0 bridgehead atoms. The maximum absolute atomic E-state index is 13.0. The first-order valence-electron chi connectivity index (χ1n) is 11.0. The molecule has 1 heterocycles. The zero-order valence-corrected chi connectivity index (χ0v) is 18.5. The number of amides is 1. The van der Waals surface area contributed by atoms with Crippen molar-refractivity contribution < 1.29 is 18.0 Å². The lowest BCUT2D eigenvalue weighted by Gasteiger charge is -2.08. The molecule has 7 heteroatoms. The Labute approximate surface area is 199 Å². The normalized spacial score (nSPS) is 11.5. The number of halogens is 3. The van der Waals surface area contributed by atoms with Gasteiger partial charge >= 0.3 is 6.18 Å². The van der Waals surface area contributed by atoms with Crippen molar-refractivity contribution in [3.63, 3.8) is 0 Å². The van der Waals surface area contributed by atoms with E-state index in [4.69, 9.17) is 0 Å². The van der Waals surface area contributed by atoms with Crippen molar-refractivity contribution in [2.75, 3.05) is 5.32 Å². The predicted molar refractivity (Wildman–Crippen MR) is 130 cm³/mol. The number of rotatable bonds is 5. The van der Waals surface area contributed by atoms with E-state index in [0.29, 0.717) is 11.9 Å². The van der Waals surface area contributed by atoms with Crippen LogP contribution in [-0.2, 0) is 12.7 Å². The molecule has 0 unspecified atom stereocenters. The summed E-state index contributed by atoms with van der Waals surface area (Å²) in [6.07, 6.45) is -4.43. The van der Waals surface area contributed by atoms with Crippen molar-refractivity contribution in [3.8, 4) is 11.1 Å². The van der Waals surface area contributed by atoms with Crippen LogP contribution in [0.5, 0.6) is 0 Å². The second-order valence-electron chi connectivity index (χ2n) is 8.12. The first-order chi connectivity index (χ1) is 16.9. The zero-order valence-electron chi connectivity index (χ0n) is 18.5. The number of nitrogens with one attached hydrogen (secondary N) is 1. The highest BCUT2D eigenvalue weighted by Gasteiger charge is 2.30. The summed E-state index contributed by atoms with van der Waals surface area (Å²) in [5.41, 5.74) is 3.75. The minimum Gasteiger partial charge on any atom is -0.321 e. The van der Waals surface area contributed by atoms with Crippen molar-refractivity contribution in [1.82, 2.24) is 9.78 Å². The number of fused-ring (bicyclic) bond motifs is 1. The van der Waals surface area contributed by atoms with Crippen LogP contribution in [0.2, 0.25) is 0 Å². The van der Waals surface area contributed by atoms with Gasteiger partial charge in [0.2, 0.25) is 0 Å². The quantitative estimate of drug-likeness (QED) is 0.299. The lowest BCUT2D eigenvalue weighted by Crippen LogP contribution is -2.14. The molecule has 0 fully saturated rings. The van der Waals surface area contributed by atoms with Gasteiger partial charge in [-0.3, -0.25) is 9.48 Å². The van der Waals surface area contributed by atoms with Gasteiger partial charge in [0, 0.05) is 11.1 Å². The molecule has 0 aliphatic rings. The zero-order chi connectivity index (χ0) is 24.4. The van der Waals surface area contributed by atoms with Crippen molar-refractivity contribution >= 4 is 22.5 Å². The molecule has 35 heavy (non-hydrogen) atoms. The summed E-state index contributed by atoms with van der Waals surface area (Å²) in [4.78, 5) is 13.0. The van der Waals surface area contributed by atoms with E-state index in [1.807, 2.05) is 48.5 Å². The molecule has 0 saturated carbocycles. The summed E-state index contributed by atoms with van der Waals surface area (Å²) in [5, 5.41) is 7.86. The molecule has 5 rings (SSSR count). The van der Waals surface area contributed by atoms with E-state index in [1.54, 1.807) is 10.7 Å². The Morgan fingerprint density at radius 3 is 2.09 bits per heavy atom.